The molecule has 1 amide bonds. The fourth-order valence-electron chi connectivity index (χ4n) is 1.89. The quantitative estimate of drug-likeness (QED) is 0.667. The van der Waals surface area contributed by atoms with Crippen LogP contribution in [0.25, 0.3) is 0 Å². The number of amides is 1. The molecule has 0 aliphatic carbocycles. The summed E-state index contributed by atoms with van der Waals surface area (Å²) < 4.78 is 38.1. The Morgan fingerprint density at radius 1 is 1.15 bits per heavy atom. The lowest BCUT2D eigenvalue weighted by Gasteiger charge is -2.25. The van der Waals surface area contributed by atoms with Gasteiger partial charge in [0.25, 0.3) is 5.91 Å². The maximum atomic E-state index is 12.7. The number of alkyl halides is 3. The van der Waals surface area contributed by atoms with Crippen LogP contribution in [0, 0.1) is 0 Å². The molecule has 0 spiro atoms. The van der Waals surface area contributed by atoms with Gasteiger partial charge in [0.05, 0.1) is 16.3 Å². The van der Waals surface area contributed by atoms with Crippen LogP contribution in [0.3, 0.4) is 0 Å². The molecule has 0 aromatic heterocycles. The third kappa shape index (κ3) is 4.74. The lowest BCUT2D eigenvalue weighted by molar-refractivity contribution is -0.242. The molecule has 10 heteroatoms. The molecular formula is C17H13ClF3NO4S. The highest BCUT2D eigenvalue weighted by Gasteiger charge is 2.55. The highest BCUT2D eigenvalue weighted by Crippen LogP contribution is 2.36. The van der Waals surface area contributed by atoms with Gasteiger partial charge in [-0.2, -0.15) is 13.2 Å². The van der Waals surface area contributed by atoms with E-state index in [0.29, 0.717) is 16.7 Å². The molecule has 0 aliphatic heterocycles. The summed E-state index contributed by atoms with van der Waals surface area (Å²) in [5.41, 5.74) is -3.62. The van der Waals surface area contributed by atoms with Crippen molar-refractivity contribution in [2.75, 3.05) is 5.32 Å². The number of halogens is 4. The largest absolute Gasteiger partial charge is 0.478 e. The number of carbonyl (C=O) groups is 2. The Labute approximate surface area is 161 Å². The van der Waals surface area contributed by atoms with E-state index in [9.17, 15) is 33.0 Å². The van der Waals surface area contributed by atoms with E-state index < -0.39 is 23.7 Å². The number of carboxylic acid groups (broad SMARTS) is 1. The van der Waals surface area contributed by atoms with Gasteiger partial charge < -0.3 is 15.5 Å². The van der Waals surface area contributed by atoms with Crippen molar-refractivity contribution in [3.8, 4) is 0 Å². The summed E-state index contributed by atoms with van der Waals surface area (Å²) >= 11 is 7.09. The summed E-state index contributed by atoms with van der Waals surface area (Å²) in [6, 6.07) is 10.3. The summed E-state index contributed by atoms with van der Waals surface area (Å²) in [6.45, 7) is 0.337. The molecule has 2 rings (SSSR count). The molecular weight excluding hydrogens is 407 g/mol. The monoisotopic (exact) mass is 419 g/mol. The first-order chi connectivity index (χ1) is 12.4. The molecule has 1 atom stereocenters. The lowest BCUT2D eigenvalue weighted by Crippen LogP contribution is -2.52. The summed E-state index contributed by atoms with van der Waals surface area (Å²) in [5.74, 6) is -2.78. The van der Waals surface area contributed by atoms with Crippen LogP contribution in [0.4, 0.5) is 18.9 Å². The molecule has 5 nitrogen and oxygen atoms in total. The van der Waals surface area contributed by atoms with Crippen LogP contribution in [-0.2, 0) is 4.79 Å². The number of anilines is 1. The van der Waals surface area contributed by atoms with Crippen molar-refractivity contribution in [3.63, 3.8) is 0 Å². The molecule has 144 valence electrons. The number of benzene rings is 2. The van der Waals surface area contributed by atoms with Crippen molar-refractivity contribution >= 4 is 40.9 Å². The molecule has 0 aliphatic rings. The molecule has 27 heavy (non-hydrogen) atoms. The number of hydrogen-bond donors (Lipinski definition) is 3. The van der Waals surface area contributed by atoms with E-state index in [0.717, 1.165) is 11.8 Å². The van der Waals surface area contributed by atoms with Crippen LogP contribution in [0.15, 0.2) is 52.3 Å². The lowest BCUT2D eigenvalue weighted by atomic mass is 10.1. The van der Waals surface area contributed by atoms with E-state index in [1.807, 2.05) is 5.32 Å². The molecule has 0 fully saturated rings. The predicted molar refractivity (Wildman–Crippen MR) is 94.3 cm³/mol. The number of aliphatic hydroxyl groups is 1. The van der Waals surface area contributed by atoms with Crippen LogP contribution in [0.2, 0.25) is 5.02 Å². The van der Waals surface area contributed by atoms with Crippen LogP contribution in [0.5, 0.6) is 0 Å². The van der Waals surface area contributed by atoms with Gasteiger partial charge in [0.1, 0.15) is 0 Å². The molecule has 3 N–H and O–H groups in total. The average molecular weight is 420 g/mol. The predicted octanol–water partition coefficient (Wildman–Crippen LogP) is 4.44. The van der Waals surface area contributed by atoms with Gasteiger partial charge in [-0.05, 0) is 37.3 Å². The zero-order valence-corrected chi connectivity index (χ0v) is 15.2. The van der Waals surface area contributed by atoms with Gasteiger partial charge >= 0.3 is 12.1 Å². The number of carboxylic acids is 1. The van der Waals surface area contributed by atoms with Crippen LogP contribution < -0.4 is 5.32 Å². The van der Waals surface area contributed by atoms with Gasteiger partial charge in [0.2, 0.25) is 5.60 Å². The molecule has 0 saturated heterocycles. The molecule has 0 bridgehead atoms. The fourth-order valence-corrected chi connectivity index (χ4v) is 3.16. The van der Waals surface area contributed by atoms with Crippen LogP contribution in [0.1, 0.15) is 17.3 Å². The SMILES string of the molecule is C[C@@](O)(C(=O)Nc1ccc(Sc2ccccc2C(=O)O)cc1Cl)C(F)(F)F. The standard InChI is InChI=1S/C17H13ClF3NO4S/c1-16(26,17(19,20)21)15(25)22-12-7-6-9(8-11(12)18)27-13-5-3-2-4-10(13)14(23)24/h2-8,26H,1H3,(H,22,25)(H,23,24)/t16-/m1/s1. The fraction of sp³-hybridized carbons (Fsp3) is 0.176. The molecule has 2 aromatic rings. The first-order valence-electron chi connectivity index (χ1n) is 7.34. The Hall–Kier alpha value is -2.23. The number of carbonyl (C=O) groups excluding carboxylic acids is 1. The van der Waals surface area contributed by atoms with Crippen molar-refractivity contribution in [1.82, 2.24) is 0 Å². The van der Waals surface area contributed by atoms with Crippen LogP contribution in [-0.4, -0.2) is 33.9 Å². The van der Waals surface area contributed by atoms with Gasteiger partial charge in [-0.15, -0.1) is 0 Å². The van der Waals surface area contributed by atoms with Gasteiger partial charge in [0, 0.05) is 9.79 Å². The van der Waals surface area contributed by atoms with E-state index in [2.05, 4.69) is 0 Å². The first kappa shape index (κ1) is 21.1. The maximum absolute atomic E-state index is 12.7. The maximum Gasteiger partial charge on any atom is 0.426 e. The topological polar surface area (TPSA) is 86.6 Å². The second kappa shape index (κ2) is 7.79. The second-order valence-corrected chi connectivity index (χ2v) is 7.09. The zero-order valence-electron chi connectivity index (χ0n) is 13.7. The second-order valence-electron chi connectivity index (χ2n) is 5.57. The number of aromatic carboxylic acids is 1. The number of nitrogens with one attached hydrogen (secondary N) is 1. The molecule has 0 unspecified atom stereocenters. The van der Waals surface area contributed by atoms with E-state index in [1.165, 1.54) is 24.3 Å². The summed E-state index contributed by atoms with van der Waals surface area (Å²) in [5, 5.41) is 20.4. The Balaban J connectivity index is 2.22. The molecule has 0 heterocycles. The highest BCUT2D eigenvalue weighted by atomic mass is 35.5. The van der Waals surface area contributed by atoms with Gasteiger partial charge in [-0.25, -0.2) is 4.79 Å². The smallest absolute Gasteiger partial charge is 0.426 e. The van der Waals surface area contributed by atoms with E-state index in [-0.39, 0.29) is 16.3 Å². The van der Waals surface area contributed by atoms with E-state index in [1.54, 1.807) is 18.2 Å². The minimum atomic E-state index is -5.15. The van der Waals surface area contributed by atoms with E-state index in [4.69, 9.17) is 11.6 Å². The number of rotatable bonds is 5. The normalized spacial score (nSPS) is 13.7. The third-order valence-corrected chi connectivity index (χ3v) is 4.91. The van der Waals surface area contributed by atoms with E-state index >= 15 is 0 Å². The van der Waals surface area contributed by atoms with Crippen molar-refractivity contribution in [2.45, 2.75) is 28.5 Å². The van der Waals surface area contributed by atoms with Crippen molar-refractivity contribution in [2.24, 2.45) is 0 Å². The molecule has 0 saturated carbocycles. The highest BCUT2D eigenvalue weighted by molar-refractivity contribution is 7.99. The van der Waals surface area contributed by atoms with Gasteiger partial charge in [-0.3, -0.25) is 4.79 Å². The Kier molecular flexibility index (Phi) is 6.08. The molecule has 0 radical (unpaired) electrons. The minimum absolute atomic E-state index is 0.0702. The van der Waals surface area contributed by atoms with Gasteiger partial charge in [-0.1, -0.05) is 35.5 Å². The molecule has 2 aromatic carbocycles. The summed E-state index contributed by atoms with van der Waals surface area (Å²) in [4.78, 5) is 23.9. The van der Waals surface area contributed by atoms with Gasteiger partial charge in [0.15, 0.2) is 0 Å². The van der Waals surface area contributed by atoms with Crippen molar-refractivity contribution < 1.29 is 33.0 Å². The van der Waals surface area contributed by atoms with Crippen LogP contribution >= 0.6 is 23.4 Å². The Morgan fingerprint density at radius 3 is 2.33 bits per heavy atom. The zero-order chi connectivity index (χ0) is 20.4. The third-order valence-electron chi connectivity index (χ3n) is 3.53. The minimum Gasteiger partial charge on any atom is -0.478 e. The summed E-state index contributed by atoms with van der Waals surface area (Å²) in [6.07, 6.45) is -5.15. The van der Waals surface area contributed by atoms with Crippen molar-refractivity contribution in [3.05, 3.63) is 53.1 Å². The summed E-state index contributed by atoms with van der Waals surface area (Å²) in [7, 11) is 0. The first-order valence-corrected chi connectivity index (χ1v) is 8.53. The van der Waals surface area contributed by atoms with Crippen molar-refractivity contribution in [1.29, 1.82) is 0 Å². The number of hydrogen-bond acceptors (Lipinski definition) is 4. The Bertz CT molecular complexity index is 887. The Morgan fingerprint density at radius 2 is 1.78 bits per heavy atom. The average Bonchev–Trinajstić information content (AvgIpc) is 2.56.